The lowest BCUT2D eigenvalue weighted by atomic mass is 9.83. The Hall–Kier alpha value is -13.8. The van der Waals surface area contributed by atoms with Crippen molar-refractivity contribution in [1.29, 1.82) is 0 Å². The quantitative estimate of drug-likeness (QED) is 0.0762. The molecule has 2 aliphatic carbocycles. The summed E-state index contributed by atoms with van der Waals surface area (Å²) in [5.74, 6) is 1.11. The zero-order valence-corrected chi connectivity index (χ0v) is 66.4. The maximum absolute atomic E-state index is 12.3. The van der Waals surface area contributed by atoms with Gasteiger partial charge in [-0.05, 0) is 205 Å². The Kier molecular flexibility index (Phi) is 17.4. The van der Waals surface area contributed by atoms with Crippen LogP contribution in [-0.4, -0.2) is 172 Å². The molecule has 1 atom stereocenters. The Bertz CT molecular complexity index is 7350. The summed E-state index contributed by atoms with van der Waals surface area (Å²) in [6.45, 7) is 12.7. The van der Waals surface area contributed by atoms with Crippen LogP contribution in [0, 0.1) is 34.6 Å². The molecule has 5 aliphatic rings. The van der Waals surface area contributed by atoms with Gasteiger partial charge in [0.1, 0.15) is 5.75 Å². The van der Waals surface area contributed by atoms with E-state index in [0.717, 1.165) is 247 Å². The molecule has 0 bridgehead atoms. The second-order valence-corrected chi connectivity index (χ2v) is 33.8. The minimum Gasteiger partial charge on any atom is -0.492 e. The number of likely N-dealkylation sites (N-methyl/N-ethyl adjacent to an activating group) is 1. The van der Waals surface area contributed by atoms with Crippen LogP contribution < -0.4 is 10.5 Å². The topological polar surface area (TPSA) is 424 Å². The van der Waals surface area contributed by atoms with Crippen molar-refractivity contribution in [1.82, 2.24) is 132 Å². The number of rotatable bonds is 5. The Balaban J connectivity index is 0.0000000917. The van der Waals surface area contributed by atoms with Gasteiger partial charge in [0.2, 0.25) is 0 Å². The van der Waals surface area contributed by atoms with E-state index < -0.39 is 9.84 Å². The van der Waals surface area contributed by atoms with Crippen molar-refractivity contribution in [2.24, 2.45) is 5.73 Å². The molecule has 0 amide bonds. The smallest absolute Gasteiger partial charge is 0.154 e. The van der Waals surface area contributed by atoms with Gasteiger partial charge in [-0.15, -0.1) is 0 Å². The van der Waals surface area contributed by atoms with Crippen molar-refractivity contribution < 1.29 is 13.2 Å². The largest absolute Gasteiger partial charge is 0.492 e. The molecular weight excluding hydrogens is 1500 g/mol. The molecule has 5 aromatic carbocycles. The highest BCUT2D eigenvalue weighted by atomic mass is 32.2. The van der Waals surface area contributed by atoms with Crippen molar-refractivity contribution in [3.8, 4) is 62.0 Å². The first kappa shape index (κ1) is 72.0. The van der Waals surface area contributed by atoms with E-state index in [9.17, 15) is 8.42 Å². The van der Waals surface area contributed by atoms with Gasteiger partial charge in [0.25, 0.3) is 0 Å². The van der Waals surface area contributed by atoms with Crippen LogP contribution in [0.2, 0.25) is 0 Å². The van der Waals surface area contributed by atoms with Gasteiger partial charge in [-0.3, -0.25) is 51.0 Å². The van der Waals surface area contributed by atoms with Crippen molar-refractivity contribution >= 4 is 119 Å². The first-order valence-electron chi connectivity index (χ1n) is 39.8. The number of aromatic nitrogens is 25. The van der Waals surface area contributed by atoms with E-state index in [4.69, 9.17) is 35.4 Å². The number of pyridine rings is 5. The second-order valence-electron chi connectivity index (χ2n) is 31.6. The number of aryl methyl sites for hydroxylation is 8. The number of nitrogens with one attached hydrogen (secondary N) is 10. The number of H-pyrrole nitrogens is 10. The molecule has 30 nitrogen and oxygen atoms in total. The zero-order valence-electron chi connectivity index (χ0n) is 65.6. The molecule has 0 spiro atoms. The van der Waals surface area contributed by atoms with Crippen molar-refractivity contribution in [3.05, 3.63) is 201 Å². The molecule has 0 saturated heterocycles. The number of fused-ring (bicyclic) bond motifs is 25. The predicted octanol–water partition coefficient (Wildman–Crippen LogP) is 14.1. The molecule has 0 radical (unpaired) electrons. The average Bonchev–Trinajstić information content (AvgIpc) is 1.76. The maximum Gasteiger partial charge on any atom is 0.154 e. The van der Waals surface area contributed by atoms with E-state index in [1.54, 1.807) is 12.4 Å². The lowest BCUT2D eigenvalue weighted by Crippen LogP contribution is -2.28. The van der Waals surface area contributed by atoms with Gasteiger partial charge in [-0.25, -0.2) is 33.3 Å². The molecule has 31 heteroatoms. The monoisotopic (exact) mass is 1580 g/mol. The normalized spacial score (nSPS) is 15.5. The van der Waals surface area contributed by atoms with Gasteiger partial charge >= 0.3 is 0 Å². The zero-order chi connectivity index (χ0) is 79.8. The number of benzene rings is 5. The van der Waals surface area contributed by atoms with Crippen molar-refractivity contribution in [2.45, 2.75) is 117 Å². The van der Waals surface area contributed by atoms with Crippen molar-refractivity contribution in [2.75, 3.05) is 26.0 Å². The number of ether oxygens (including phenoxy) is 1. The Morgan fingerprint density at radius 3 is 1.12 bits per heavy atom. The molecule has 12 N–H and O–H groups in total. The van der Waals surface area contributed by atoms with E-state index in [1.165, 1.54) is 67.8 Å². The van der Waals surface area contributed by atoms with Gasteiger partial charge in [-0.2, -0.15) is 51.0 Å². The number of sulfone groups is 1. The summed E-state index contributed by atoms with van der Waals surface area (Å²) >= 11 is 0. The molecule has 3 aliphatic heterocycles. The van der Waals surface area contributed by atoms with Crippen LogP contribution in [-0.2, 0) is 67.1 Å². The van der Waals surface area contributed by atoms with Crippen LogP contribution in [0.5, 0.6) is 5.75 Å². The second kappa shape index (κ2) is 28.6. The predicted molar refractivity (Wildman–Crippen MR) is 456 cm³/mol. The fraction of sp³-hybridized carbons (Fsp3) is 0.253. The van der Waals surface area contributed by atoms with E-state index >= 15 is 0 Å². The molecule has 0 saturated carbocycles. The highest BCUT2D eigenvalue weighted by Gasteiger charge is 2.33. The molecule has 15 aromatic heterocycles. The van der Waals surface area contributed by atoms with Crippen LogP contribution in [0.4, 0.5) is 0 Å². The van der Waals surface area contributed by atoms with Gasteiger partial charge < -0.3 is 15.4 Å². The molecule has 588 valence electrons. The Labute approximate surface area is 672 Å². The van der Waals surface area contributed by atoms with E-state index in [2.05, 4.69) is 151 Å². The maximum atomic E-state index is 12.3. The van der Waals surface area contributed by atoms with E-state index in [-0.39, 0.29) is 17.5 Å². The minimum absolute atomic E-state index is 0.0134. The third-order valence-corrected chi connectivity index (χ3v) is 25.9. The molecular formula is C87H81N27O3S. The lowest BCUT2D eigenvalue weighted by molar-refractivity contribution is 0.314. The molecule has 20 aromatic rings. The summed E-state index contributed by atoms with van der Waals surface area (Å²) in [5, 5.41) is 83.2. The molecule has 25 rings (SSSR count). The number of nitrogens with two attached hydrogens (primary N) is 1. The van der Waals surface area contributed by atoms with E-state index in [0.29, 0.717) is 18.7 Å². The van der Waals surface area contributed by atoms with Crippen LogP contribution in [0.3, 0.4) is 0 Å². The summed E-state index contributed by atoms with van der Waals surface area (Å²) < 4.78 is 30.6. The summed E-state index contributed by atoms with van der Waals surface area (Å²) in [6.07, 6.45) is 28.4. The highest BCUT2D eigenvalue weighted by molar-refractivity contribution is 7.90. The van der Waals surface area contributed by atoms with Gasteiger partial charge in [-0.1, -0.05) is 0 Å². The van der Waals surface area contributed by atoms with E-state index in [1.807, 2.05) is 108 Å². The van der Waals surface area contributed by atoms with Crippen LogP contribution in [0.15, 0.2) is 123 Å². The average molecular weight is 1580 g/mol. The molecule has 118 heavy (non-hydrogen) atoms. The summed E-state index contributed by atoms with van der Waals surface area (Å²) in [5.41, 5.74) is 42.5. The highest BCUT2D eigenvalue weighted by Crippen LogP contribution is 2.46. The third-order valence-electron chi connectivity index (χ3n) is 24.3. The van der Waals surface area contributed by atoms with Crippen LogP contribution in [0.1, 0.15) is 97.8 Å². The Morgan fingerprint density at radius 1 is 0.364 bits per heavy atom. The van der Waals surface area contributed by atoms with Gasteiger partial charge in [0.15, 0.2) is 9.84 Å². The third kappa shape index (κ3) is 12.2. The van der Waals surface area contributed by atoms with Gasteiger partial charge in [0, 0.05) is 136 Å². The fourth-order valence-electron chi connectivity index (χ4n) is 18.5. The minimum atomic E-state index is -3.13. The number of nitrogens with zero attached hydrogens (tertiary/aromatic N) is 16. The standard InChI is InChI=1S/2C18H18N6.C18H17N5.C17H15N5O2S.C16H13N5O/c1-10-12(7-19-22-10)18-14-9-24(2)6-5-11(14)17-13-8-20-23-15(13)3-4-16(17)21-18;1-9-13(7-20-23-9)18-12-6-10(19)2-3-11(12)17-14-8-21-24-15(14)4-5-16(17)22-18;1-10-13(8-19-22-10)18-12-5-3-2-4-11(12)17-14-9-20-23-15(14)6-7-16(17)21-18;1-9-11(6-18-21-9)17-13-8-25(23,24)5-4-10(13)16-12-7-19-22-14(12)2-3-15(16)20-17;1-8-10(6-17-20-8)15-9-4-5-22-16(9)14-11-7-18-21-12(11)2-3-13(14)19-15/h3-4,7-8H,5-6,9H2,1-2H3,(H,19,22)(H,20,23);4-5,7-8,10H,2-3,6,19H2,1H3,(H,20,23)(H,21,24);6-9H,2-5H2,1H3,(H,19,22)(H,20,23);2-3,6-7H,4-5,8H2,1H3,(H,18,21)(H,19,22);2-3,6-7H,4-5H2,1H3,(H,17,20)(H,18,21). The molecule has 1 unspecified atom stereocenters. The number of hydrogen-bond donors (Lipinski definition) is 11. The number of aromatic amines is 10. The first-order chi connectivity index (χ1) is 57.6. The van der Waals surface area contributed by atoms with Gasteiger partial charge in [0.05, 0.1) is 169 Å². The number of hydrogen-bond acceptors (Lipinski definition) is 20. The van der Waals surface area contributed by atoms with Crippen LogP contribution in [0.25, 0.3) is 165 Å². The summed E-state index contributed by atoms with van der Waals surface area (Å²) in [6, 6.07) is 20.6. The fourth-order valence-corrected chi connectivity index (χ4v) is 19.9. The lowest BCUT2D eigenvalue weighted by Gasteiger charge is -2.28. The van der Waals surface area contributed by atoms with Crippen LogP contribution >= 0.6 is 0 Å². The molecule has 0 fully saturated rings. The summed E-state index contributed by atoms with van der Waals surface area (Å²) in [7, 11) is -0.961. The molecule has 18 heterocycles. The summed E-state index contributed by atoms with van der Waals surface area (Å²) in [4.78, 5) is 27.1. The van der Waals surface area contributed by atoms with Crippen molar-refractivity contribution in [3.63, 3.8) is 0 Å². The Morgan fingerprint density at radius 2 is 0.703 bits per heavy atom. The first-order valence-corrected chi connectivity index (χ1v) is 41.6. The SMILES string of the molecule is Cc1[nH]ncc1-c1nc2ccc3[nH]ncc3c2c2c1CC(N)CC2.Cc1[nH]ncc1-c1nc2ccc3[nH]ncc3c2c2c1CCCC2.Cc1[nH]ncc1-c1nc2ccc3[nH]ncc3c2c2c1CCO2.Cc1[nH]ncc1-c1nc2ccc3[nH]ncc3c2c2c1CN(C)CC2.Cc1[nH]ncc1-c1nc2ccc3[nH]ncc3c2c2c1CS(=O)(=O)CC2.